The number of anilines is 11. The van der Waals surface area contributed by atoms with Gasteiger partial charge in [-0.2, -0.15) is 0 Å². The van der Waals surface area contributed by atoms with E-state index in [4.69, 9.17) is 11.6 Å². The second-order valence-corrected chi connectivity index (χ2v) is 50.1. The summed E-state index contributed by atoms with van der Waals surface area (Å²) in [5.74, 6) is 0. The Labute approximate surface area is 764 Å². The molecule has 5 heteroatoms. The zero-order valence-electron chi connectivity index (χ0n) is 84.0. The first kappa shape index (κ1) is 92.9. The molecule has 0 aliphatic heterocycles. The van der Waals surface area contributed by atoms with E-state index in [0.29, 0.717) is 0 Å². The number of fused-ring (bicyclic) bond motifs is 6. The lowest BCUT2D eigenvalue weighted by Crippen LogP contribution is -2.34. The highest BCUT2D eigenvalue weighted by atomic mass is 35.5. The van der Waals surface area contributed by atoms with Gasteiger partial charge in [0, 0.05) is 67.6 Å². The molecule has 664 valence electrons. The molecule has 0 saturated heterocycles. The lowest BCUT2D eigenvalue weighted by molar-refractivity contribution is 0.332. The molecule has 0 unspecified atom stereocenters. The molecule has 0 bridgehead atoms. The Hall–Kier alpha value is -8.31. The number of hydrogen-bond donors (Lipinski definition) is 1. The van der Waals surface area contributed by atoms with Gasteiger partial charge in [-0.1, -0.05) is 280 Å². The fourth-order valence-electron chi connectivity index (χ4n) is 22.2. The first-order chi connectivity index (χ1) is 57.6. The van der Waals surface area contributed by atoms with Crippen molar-refractivity contribution in [2.24, 2.45) is 0 Å². The molecule has 6 aliphatic carbocycles. The zero-order valence-corrected chi connectivity index (χ0v) is 84.8. The summed E-state index contributed by atoms with van der Waals surface area (Å²) in [5, 5.41) is 4.44. The van der Waals surface area contributed by atoms with Crippen LogP contribution in [0.1, 0.15) is 385 Å². The highest BCUT2D eigenvalue weighted by Gasteiger charge is 2.45. The van der Waals surface area contributed by atoms with Gasteiger partial charge < -0.3 is 20.0 Å². The van der Waals surface area contributed by atoms with E-state index in [0.717, 1.165) is 10.7 Å². The summed E-state index contributed by atoms with van der Waals surface area (Å²) >= 11 is 6.64. The van der Waals surface area contributed by atoms with Gasteiger partial charge in [-0.15, -0.1) is 0 Å². The Kier molecular flexibility index (Phi) is 23.9. The van der Waals surface area contributed by atoms with Gasteiger partial charge in [-0.25, -0.2) is 0 Å². The van der Waals surface area contributed by atoms with Crippen LogP contribution in [0.2, 0.25) is 5.02 Å². The summed E-state index contributed by atoms with van der Waals surface area (Å²) in [6.45, 7) is 80.7. The van der Waals surface area contributed by atoms with Crippen molar-refractivity contribution in [3.05, 3.63) is 287 Å². The Morgan fingerprint density at radius 2 is 0.480 bits per heavy atom. The van der Waals surface area contributed by atoms with E-state index in [2.05, 4.69) is 431 Å². The molecule has 0 heterocycles. The van der Waals surface area contributed by atoms with Gasteiger partial charge in [0.05, 0.1) is 0 Å². The van der Waals surface area contributed by atoms with Crippen LogP contribution in [-0.4, -0.2) is 0 Å². The van der Waals surface area contributed by atoms with Crippen molar-refractivity contribution in [2.75, 3.05) is 20.0 Å². The number of nitrogens with one attached hydrogen (secondary N) is 1. The minimum atomic E-state index is 0.0594. The maximum atomic E-state index is 6.64. The van der Waals surface area contributed by atoms with Gasteiger partial charge in [0.25, 0.3) is 0 Å². The molecule has 0 radical (unpaired) electrons. The van der Waals surface area contributed by atoms with Gasteiger partial charge in [0.15, 0.2) is 0 Å². The van der Waals surface area contributed by atoms with E-state index in [9.17, 15) is 0 Å². The molecule has 16 rings (SSSR count). The van der Waals surface area contributed by atoms with Gasteiger partial charge in [0.2, 0.25) is 0 Å². The van der Waals surface area contributed by atoms with Crippen LogP contribution >= 0.6 is 11.6 Å². The maximum Gasteiger partial charge on any atom is 0.0491 e. The van der Waals surface area contributed by atoms with Crippen LogP contribution in [-0.2, 0) is 75.8 Å². The largest absolute Gasteiger partial charge is 0.355 e. The van der Waals surface area contributed by atoms with E-state index in [1.165, 1.54) is 234 Å². The monoisotopic (exact) mass is 1690 g/mol. The van der Waals surface area contributed by atoms with E-state index in [-0.39, 0.29) is 75.8 Å². The van der Waals surface area contributed by atoms with Crippen LogP contribution in [0.3, 0.4) is 0 Å². The van der Waals surface area contributed by atoms with Crippen molar-refractivity contribution in [1.29, 1.82) is 0 Å². The highest BCUT2D eigenvalue weighted by Crippen LogP contribution is 2.57. The third-order valence-corrected chi connectivity index (χ3v) is 32.1. The summed E-state index contributed by atoms with van der Waals surface area (Å²) < 4.78 is 0. The summed E-state index contributed by atoms with van der Waals surface area (Å²) in [6.07, 6.45) is 14.5. The SMILES string of the molecule is Cc1cc(C(C)(C)C)ccc1Nc1ccc2c(c1)C(C)(C)CCC2(C)C.Cc1cc(Cl)cc(N(c2ccc3c(c2)C(C)(C)CCC3(C)C)c2ccc3c(c2)C(C)(C)CCC3(C)C)c1.Cc1cc(N(c2ccc3c(c2)C(C)(C)CCC3(C)C)c2ccc3c(c2)C(C)(C)CCC3(C)C)cc(N(c2ccc3c(c2)C(C)(C)CCC3(C)C)c2ccc(C(C)(C)C)cc2C)c1. The topological polar surface area (TPSA) is 21.8 Å². The predicted molar refractivity (Wildman–Crippen MR) is 546 cm³/mol. The van der Waals surface area contributed by atoms with Gasteiger partial charge in [-0.3, -0.25) is 0 Å². The average Bonchev–Trinajstić information content (AvgIpc) is 0.741. The number of benzene rings is 10. The Bertz CT molecular complexity index is 5590. The maximum absolute atomic E-state index is 6.64. The van der Waals surface area contributed by atoms with E-state index in [1.54, 1.807) is 0 Å². The Morgan fingerprint density at radius 1 is 0.232 bits per heavy atom. The molecule has 125 heavy (non-hydrogen) atoms. The van der Waals surface area contributed by atoms with Crippen LogP contribution in [0.25, 0.3) is 0 Å². The minimum Gasteiger partial charge on any atom is -0.355 e. The van der Waals surface area contributed by atoms with Crippen molar-refractivity contribution >= 4 is 74.2 Å². The first-order valence-corrected chi connectivity index (χ1v) is 48.2. The average molecular weight is 1690 g/mol. The Balaban J connectivity index is 0.000000170. The van der Waals surface area contributed by atoms with Crippen molar-refractivity contribution in [3.63, 3.8) is 0 Å². The number of halogens is 1. The molecule has 0 fully saturated rings. The van der Waals surface area contributed by atoms with E-state index in [1.807, 2.05) is 6.07 Å². The molecule has 10 aromatic carbocycles. The summed E-state index contributed by atoms with van der Waals surface area (Å²) in [4.78, 5) is 7.57. The van der Waals surface area contributed by atoms with Crippen LogP contribution in [0.4, 0.5) is 62.6 Å². The van der Waals surface area contributed by atoms with Crippen LogP contribution < -0.4 is 20.0 Å². The van der Waals surface area contributed by atoms with Crippen molar-refractivity contribution < 1.29 is 0 Å². The molecular formula is C120H157ClN4. The lowest BCUT2D eigenvalue weighted by Gasteiger charge is -2.43. The standard InChI is InChI=1S/C60H78N2.C35H44ClN.C25H35N/c1-39-32-45(35-46(33-39)62(53-25-18-41(34-40(53)2)54(3,4)5)44-21-24-49-52(38-44)60(16,17)31-28-57(49,10)11)61(42-19-22-47-50(36-42)58(12,13)29-26-55(47,6)7)43-20-23-48-51(37-43)59(14,15)30-27-56(48,8)9;1-23-18-24(36)20-27(19-23)37(25-10-12-28-30(21-25)34(6,7)16-14-32(28,2)3)26-11-13-29-31(22-26)35(8,9)17-15-33(29,4)5;1-17-15-18(23(2,3)4)9-12-22(17)26-19-10-11-20-21(16-19)25(7,8)14-13-24(20,5)6/h18-25,32-38H,26-31H2,1-17H3;10-13,18-22H,14-17H2,1-9H3;9-12,15-16,26H,13-14H2,1-8H3. The minimum absolute atomic E-state index is 0.0594. The molecule has 0 aromatic heterocycles. The van der Waals surface area contributed by atoms with Gasteiger partial charge in [-0.05, 0) is 402 Å². The van der Waals surface area contributed by atoms with Crippen LogP contribution in [0, 0.1) is 27.7 Å². The fraction of sp³-hybridized carbons (Fsp3) is 0.500. The number of aryl methyl sites for hydroxylation is 4. The van der Waals surface area contributed by atoms with E-state index < -0.39 is 0 Å². The Morgan fingerprint density at radius 3 is 0.768 bits per heavy atom. The third kappa shape index (κ3) is 18.3. The second kappa shape index (κ2) is 32.1. The summed E-state index contributed by atoms with van der Waals surface area (Å²) in [6, 6.07) is 71.2. The number of nitrogens with zero attached hydrogens (tertiary/aromatic N) is 3. The quantitative estimate of drug-likeness (QED) is 0.139. The molecule has 6 aliphatic rings. The van der Waals surface area contributed by atoms with Gasteiger partial charge >= 0.3 is 0 Å². The zero-order chi connectivity index (χ0) is 91.5. The summed E-state index contributed by atoms with van der Waals surface area (Å²) in [5.41, 5.74) is 41.0. The fourth-order valence-corrected chi connectivity index (χ4v) is 22.5. The molecule has 0 spiro atoms. The number of hydrogen-bond acceptors (Lipinski definition) is 4. The summed E-state index contributed by atoms with van der Waals surface area (Å²) in [7, 11) is 0. The molecule has 10 aromatic rings. The normalized spacial score (nSPS) is 19.9. The first-order valence-electron chi connectivity index (χ1n) is 47.8. The molecular weight excluding hydrogens is 1530 g/mol. The number of rotatable bonds is 11. The van der Waals surface area contributed by atoms with Crippen molar-refractivity contribution in [1.82, 2.24) is 0 Å². The van der Waals surface area contributed by atoms with Gasteiger partial charge in [0.1, 0.15) is 0 Å². The predicted octanol–water partition coefficient (Wildman–Crippen LogP) is 35.8. The molecule has 0 atom stereocenters. The molecule has 0 amide bonds. The smallest absolute Gasteiger partial charge is 0.0491 e. The van der Waals surface area contributed by atoms with E-state index >= 15 is 0 Å². The second-order valence-electron chi connectivity index (χ2n) is 49.7. The van der Waals surface area contributed by atoms with Crippen LogP contribution in [0.5, 0.6) is 0 Å². The van der Waals surface area contributed by atoms with Crippen molar-refractivity contribution in [2.45, 2.75) is 388 Å². The third-order valence-electron chi connectivity index (χ3n) is 31.8. The lowest BCUT2D eigenvalue weighted by atomic mass is 9.63. The van der Waals surface area contributed by atoms with Crippen molar-refractivity contribution in [3.8, 4) is 0 Å². The molecule has 0 saturated carbocycles. The molecule has 1 N–H and O–H groups in total. The highest BCUT2D eigenvalue weighted by molar-refractivity contribution is 6.31. The molecule has 4 nitrogen and oxygen atoms in total. The van der Waals surface area contributed by atoms with Crippen LogP contribution in [0.15, 0.2) is 182 Å².